The maximum absolute atomic E-state index is 13.0. The van der Waals surface area contributed by atoms with Crippen molar-refractivity contribution in [2.45, 2.75) is 9.79 Å². The number of halogens is 2. The largest absolute Gasteiger partial charge is 0.478 e. The molecule has 5 heteroatoms. The van der Waals surface area contributed by atoms with Crippen LogP contribution in [0.25, 0.3) is 0 Å². The molecule has 0 atom stereocenters. The highest BCUT2D eigenvalue weighted by Crippen LogP contribution is 2.32. The van der Waals surface area contributed by atoms with Crippen LogP contribution in [-0.4, -0.2) is 11.1 Å². The van der Waals surface area contributed by atoms with Gasteiger partial charge in [-0.3, -0.25) is 0 Å². The first kappa shape index (κ1) is 13.1. The Hall–Kier alpha value is -1.33. The van der Waals surface area contributed by atoms with E-state index >= 15 is 0 Å². The number of hydrogen-bond donors (Lipinski definition) is 1. The summed E-state index contributed by atoms with van der Waals surface area (Å²) in [4.78, 5) is 12.4. The summed E-state index contributed by atoms with van der Waals surface area (Å²) >= 11 is 4.63. The molecule has 0 fully saturated rings. The Morgan fingerprint density at radius 1 is 1.22 bits per heavy atom. The highest BCUT2D eigenvalue weighted by atomic mass is 79.9. The molecule has 18 heavy (non-hydrogen) atoms. The molecule has 0 aliphatic heterocycles. The molecule has 2 aromatic rings. The summed E-state index contributed by atoms with van der Waals surface area (Å²) < 4.78 is 13.9. The van der Waals surface area contributed by atoms with Crippen LogP contribution in [-0.2, 0) is 0 Å². The molecule has 92 valence electrons. The number of benzene rings is 2. The van der Waals surface area contributed by atoms with Crippen molar-refractivity contribution in [3.8, 4) is 0 Å². The van der Waals surface area contributed by atoms with E-state index < -0.39 is 11.8 Å². The van der Waals surface area contributed by atoms with Gasteiger partial charge < -0.3 is 5.11 Å². The minimum absolute atomic E-state index is 0.0278. The van der Waals surface area contributed by atoms with Gasteiger partial charge in [-0.2, -0.15) is 0 Å². The van der Waals surface area contributed by atoms with E-state index in [0.29, 0.717) is 4.90 Å². The quantitative estimate of drug-likeness (QED) is 0.906. The fraction of sp³-hybridized carbons (Fsp3) is 0. The van der Waals surface area contributed by atoms with Gasteiger partial charge in [0.05, 0.1) is 5.56 Å². The Balaban J connectivity index is 2.37. The smallest absolute Gasteiger partial charge is 0.336 e. The Morgan fingerprint density at radius 3 is 2.67 bits per heavy atom. The Labute approximate surface area is 116 Å². The molecule has 0 bridgehead atoms. The molecule has 0 heterocycles. The van der Waals surface area contributed by atoms with Crippen molar-refractivity contribution in [1.82, 2.24) is 0 Å². The van der Waals surface area contributed by atoms with Crippen LogP contribution < -0.4 is 0 Å². The van der Waals surface area contributed by atoms with E-state index in [2.05, 4.69) is 15.9 Å². The first-order valence-corrected chi connectivity index (χ1v) is 6.63. The van der Waals surface area contributed by atoms with Crippen LogP contribution >= 0.6 is 27.7 Å². The molecule has 1 N–H and O–H groups in total. The van der Waals surface area contributed by atoms with Gasteiger partial charge in [-0.1, -0.05) is 33.8 Å². The highest BCUT2D eigenvalue weighted by molar-refractivity contribution is 9.10. The predicted molar refractivity (Wildman–Crippen MR) is 71.6 cm³/mol. The molecule has 0 radical (unpaired) electrons. The lowest BCUT2D eigenvalue weighted by molar-refractivity contribution is 0.0692. The first-order chi connectivity index (χ1) is 8.56. The zero-order valence-electron chi connectivity index (χ0n) is 9.06. The third kappa shape index (κ3) is 3.11. The van der Waals surface area contributed by atoms with E-state index in [4.69, 9.17) is 5.11 Å². The van der Waals surface area contributed by atoms with Crippen LogP contribution in [0.2, 0.25) is 0 Å². The minimum Gasteiger partial charge on any atom is -0.478 e. The van der Waals surface area contributed by atoms with Crippen molar-refractivity contribution in [3.05, 3.63) is 58.3 Å². The molecule has 2 nitrogen and oxygen atoms in total. The molecule has 0 aliphatic rings. The average Bonchev–Trinajstić information content (AvgIpc) is 2.31. The first-order valence-electron chi connectivity index (χ1n) is 5.02. The molecule has 0 unspecified atom stereocenters. The number of carbonyl (C=O) groups is 1. The van der Waals surface area contributed by atoms with Crippen molar-refractivity contribution in [3.63, 3.8) is 0 Å². The van der Waals surface area contributed by atoms with Crippen LogP contribution in [0, 0.1) is 5.82 Å². The second-order valence-corrected chi connectivity index (χ2v) is 5.54. The predicted octanol–water partition coefficient (Wildman–Crippen LogP) is 4.44. The van der Waals surface area contributed by atoms with E-state index in [9.17, 15) is 9.18 Å². The lowest BCUT2D eigenvalue weighted by atomic mass is 10.2. The number of aromatic carboxylic acids is 1. The standard InChI is InChI=1S/C13H8BrFO2S/c14-8-2-1-3-10(6-8)18-12-5-4-9(15)7-11(12)13(16)17/h1-7H,(H,16,17). The highest BCUT2D eigenvalue weighted by Gasteiger charge is 2.12. The van der Waals surface area contributed by atoms with Gasteiger partial charge in [0.2, 0.25) is 0 Å². The molecule has 0 spiro atoms. The van der Waals surface area contributed by atoms with Crippen LogP contribution in [0.5, 0.6) is 0 Å². The second-order valence-electron chi connectivity index (χ2n) is 3.51. The van der Waals surface area contributed by atoms with Gasteiger partial charge in [0.1, 0.15) is 5.82 Å². The third-order valence-electron chi connectivity index (χ3n) is 2.20. The summed E-state index contributed by atoms with van der Waals surface area (Å²) in [5.41, 5.74) is -0.0278. The normalized spacial score (nSPS) is 10.3. The molecule has 0 amide bonds. The number of carboxylic acid groups (broad SMARTS) is 1. The zero-order chi connectivity index (χ0) is 13.1. The summed E-state index contributed by atoms with van der Waals surface area (Å²) in [5, 5.41) is 9.03. The molecule has 0 saturated heterocycles. The van der Waals surface area contributed by atoms with Crippen molar-refractivity contribution in [2.75, 3.05) is 0 Å². The van der Waals surface area contributed by atoms with E-state index in [1.54, 1.807) is 0 Å². The fourth-order valence-corrected chi connectivity index (χ4v) is 2.95. The maximum Gasteiger partial charge on any atom is 0.336 e. The molecule has 2 rings (SSSR count). The molecule has 0 aliphatic carbocycles. The monoisotopic (exact) mass is 326 g/mol. The molecule has 0 aromatic heterocycles. The van der Waals surface area contributed by atoms with Gasteiger partial charge in [-0.25, -0.2) is 9.18 Å². The van der Waals surface area contributed by atoms with Crippen LogP contribution in [0.1, 0.15) is 10.4 Å². The van der Waals surface area contributed by atoms with Crippen molar-refractivity contribution < 1.29 is 14.3 Å². The van der Waals surface area contributed by atoms with Crippen LogP contribution in [0.15, 0.2) is 56.7 Å². The van der Waals surface area contributed by atoms with Gasteiger partial charge in [-0.15, -0.1) is 0 Å². The van der Waals surface area contributed by atoms with Crippen molar-refractivity contribution in [2.24, 2.45) is 0 Å². The summed E-state index contributed by atoms with van der Waals surface area (Å²) in [5.74, 6) is -1.68. The van der Waals surface area contributed by atoms with E-state index in [-0.39, 0.29) is 5.56 Å². The van der Waals surface area contributed by atoms with Gasteiger partial charge >= 0.3 is 5.97 Å². The van der Waals surface area contributed by atoms with Gasteiger partial charge in [0.25, 0.3) is 0 Å². The van der Waals surface area contributed by atoms with Gasteiger partial charge in [0.15, 0.2) is 0 Å². The summed E-state index contributed by atoms with van der Waals surface area (Å²) in [6.07, 6.45) is 0. The summed E-state index contributed by atoms with van der Waals surface area (Å²) in [7, 11) is 0. The fourth-order valence-electron chi connectivity index (χ4n) is 1.42. The van der Waals surface area contributed by atoms with Crippen molar-refractivity contribution >= 4 is 33.7 Å². The van der Waals surface area contributed by atoms with Gasteiger partial charge in [0, 0.05) is 14.3 Å². The van der Waals surface area contributed by atoms with Crippen LogP contribution in [0.4, 0.5) is 4.39 Å². The molecule has 0 saturated carbocycles. The third-order valence-corrected chi connectivity index (χ3v) is 3.75. The van der Waals surface area contributed by atoms with E-state index in [1.807, 2.05) is 24.3 Å². The second kappa shape index (κ2) is 5.54. The summed E-state index contributed by atoms with van der Waals surface area (Å²) in [6.45, 7) is 0. The SMILES string of the molecule is O=C(O)c1cc(F)ccc1Sc1cccc(Br)c1. The lowest BCUT2D eigenvalue weighted by Gasteiger charge is -2.06. The lowest BCUT2D eigenvalue weighted by Crippen LogP contribution is -1.99. The van der Waals surface area contributed by atoms with Crippen LogP contribution in [0.3, 0.4) is 0 Å². The number of carboxylic acids is 1. The zero-order valence-corrected chi connectivity index (χ0v) is 11.5. The molecule has 2 aromatic carbocycles. The Kier molecular flexibility index (Phi) is 4.04. The Bertz CT molecular complexity index is 601. The topological polar surface area (TPSA) is 37.3 Å². The van der Waals surface area contributed by atoms with Gasteiger partial charge in [-0.05, 0) is 36.4 Å². The number of hydrogen-bond acceptors (Lipinski definition) is 2. The minimum atomic E-state index is -1.13. The van der Waals surface area contributed by atoms with E-state index in [1.165, 1.54) is 23.9 Å². The van der Waals surface area contributed by atoms with Crippen molar-refractivity contribution in [1.29, 1.82) is 0 Å². The molecular weight excluding hydrogens is 319 g/mol. The average molecular weight is 327 g/mol. The Morgan fingerprint density at radius 2 is 2.00 bits per heavy atom. The number of rotatable bonds is 3. The van der Waals surface area contributed by atoms with E-state index in [0.717, 1.165) is 15.4 Å². The maximum atomic E-state index is 13.0. The summed E-state index contributed by atoms with van der Waals surface area (Å²) in [6, 6.07) is 11.2. The molecular formula is C13H8BrFO2S.